The normalized spacial score (nSPS) is 11.7. The molecular weight excluding hydrogens is 284 g/mol. The third kappa shape index (κ3) is 4.57. The summed E-state index contributed by atoms with van der Waals surface area (Å²) in [6, 6.07) is 1.33. The Kier molecular flexibility index (Phi) is 6.04. The molecule has 0 saturated heterocycles. The third-order valence-corrected chi connectivity index (χ3v) is 3.14. The Balaban J connectivity index is 2.93. The number of hydrogen-bond acceptors (Lipinski definition) is 6. The molecule has 0 fully saturated rings. The van der Waals surface area contributed by atoms with Gasteiger partial charge in [-0.25, -0.2) is 4.98 Å². The van der Waals surface area contributed by atoms with E-state index in [4.69, 9.17) is 0 Å². The predicted molar refractivity (Wildman–Crippen MR) is 76.3 cm³/mol. The Labute approximate surface area is 118 Å². The molecule has 9 heteroatoms. The van der Waals surface area contributed by atoms with E-state index in [2.05, 4.69) is 15.6 Å². The van der Waals surface area contributed by atoms with E-state index in [1.54, 1.807) is 0 Å². The average molecular weight is 300 g/mol. The number of pyridine rings is 1. The SMILES string of the molecule is CCNc1cc(C(=O)NCCS(C)=O)c([N+](=O)[O-])cn1. The van der Waals surface area contributed by atoms with Crippen LogP contribution in [0.3, 0.4) is 0 Å². The molecule has 0 spiro atoms. The highest BCUT2D eigenvalue weighted by Crippen LogP contribution is 2.20. The first-order chi connectivity index (χ1) is 9.45. The van der Waals surface area contributed by atoms with Crippen LogP contribution in [0.1, 0.15) is 17.3 Å². The number of anilines is 1. The average Bonchev–Trinajstić information content (AvgIpc) is 2.38. The van der Waals surface area contributed by atoms with Crippen LogP contribution in [0, 0.1) is 10.1 Å². The minimum absolute atomic E-state index is 0.0668. The minimum atomic E-state index is -1.03. The number of nitro groups is 1. The van der Waals surface area contributed by atoms with Crippen LogP contribution in [-0.4, -0.2) is 45.1 Å². The van der Waals surface area contributed by atoms with Gasteiger partial charge < -0.3 is 10.6 Å². The lowest BCUT2D eigenvalue weighted by Crippen LogP contribution is -2.28. The molecule has 1 aromatic heterocycles. The first kappa shape index (κ1) is 16.0. The molecule has 0 aromatic carbocycles. The summed E-state index contributed by atoms with van der Waals surface area (Å²) < 4.78 is 10.9. The highest BCUT2D eigenvalue weighted by Gasteiger charge is 2.21. The summed E-state index contributed by atoms with van der Waals surface area (Å²) in [6.07, 6.45) is 2.56. The maximum absolute atomic E-state index is 11.9. The van der Waals surface area contributed by atoms with Crippen molar-refractivity contribution in [1.29, 1.82) is 0 Å². The molecule has 1 atom stereocenters. The monoisotopic (exact) mass is 300 g/mol. The number of carbonyl (C=O) groups is 1. The summed E-state index contributed by atoms with van der Waals surface area (Å²) in [5.41, 5.74) is -0.426. The molecule has 0 bridgehead atoms. The molecule has 0 aliphatic carbocycles. The summed E-state index contributed by atoms with van der Waals surface area (Å²) in [4.78, 5) is 26.0. The van der Waals surface area contributed by atoms with Crippen LogP contribution in [-0.2, 0) is 10.8 Å². The van der Waals surface area contributed by atoms with E-state index in [0.717, 1.165) is 6.20 Å². The Morgan fingerprint density at radius 3 is 2.80 bits per heavy atom. The second kappa shape index (κ2) is 7.53. The smallest absolute Gasteiger partial charge is 0.300 e. The largest absolute Gasteiger partial charge is 0.370 e. The predicted octanol–water partition coefficient (Wildman–Crippen LogP) is 0.530. The lowest BCUT2D eigenvalue weighted by Gasteiger charge is -2.07. The van der Waals surface area contributed by atoms with Crippen molar-refractivity contribution in [3.8, 4) is 0 Å². The van der Waals surface area contributed by atoms with Crippen molar-refractivity contribution < 1.29 is 13.9 Å². The lowest BCUT2D eigenvalue weighted by atomic mass is 10.2. The van der Waals surface area contributed by atoms with E-state index in [0.29, 0.717) is 18.1 Å². The van der Waals surface area contributed by atoms with Crippen LogP contribution >= 0.6 is 0 Å². The first-order valence-electron chi connectivity index (χ1n) is 5.92. The van der Waals surface area contributed by atoms with Crippen LogP contribution in [0.2, 0.25) is 0 Å². The Bertz CT molecular complexity index is 535. The standard InChI is InChI=1S/C11H16N4O4S/c1-3-12-10-6-8(9(7-14-10)15(17)18)11(16)13-4-5-20(2)19/h6-7H,3-5H2,1-2H3,(H,12,14)(H,13,16). The van der Waals surface area contributed by atoms with Gasteiger partial charge in [0.15, 0.2) is 0 Å². The van der Waals surface area contributed by atoms with Crippen LogP contribution in [0.4, 0.5) is 11.5 Å². The lowest BCUT2D eigenvalue weighted by molar-refractivity contribution is -0.385. The molecule has 8 nitrogen and oxygen atoms in total. The fourth-order valence-corrected chi connectivity index (χ4v) is 1.85. The van der Waals surface area contributed by atoms with E-state index < -0.39 is 21.6 Å². The Hall–Kier alpha value is -2.03. The van der Waals surface area contributed by atoms with Crippen molar-refractivity contribution in [2.75, 3.05) is 30.4 Å². The molecule has 1 heterocycles. The van der Waals surface area contributed by atoms with Gasteiger partial charge in [-0.3, -0.25) is 19.1 Å². The van der Waals surface area contributed by atoms with Crippen LogP contribution in [0.15, 0.2) is 12.3 Å². The van der Waals surface area contributed by atoms with Crippen molar-refractivity contribution in [3.63, 3.8) is 0 Å². The molecule has 0 radical (unpaired) electrons. The number of rotatable bonds is 7. The van der Waals surface area contributed by atoms with E-state index in [-0.39, 0.29) is 17.8 Å². The molecule has 0 saturated carbocycles. The number of amides is 1. The van der Waals surface area contributed by atoms with Gasteiger partial charge in [0.1, 0.15) is 17.6 Å². The maximum atomic E-state index is 11.9. The van der Waals surface area contributed by atoms with Gasteiger partial charge in [0, 0.05) is 42.0 Å². The molecule has 1 unspecified atom stereocenters. The second-order valence-corrected chi connectivity index (χ2v) is 5.46. The van der Waals surface area contributed by atoms with Crippen molar-refractivity contribution in [2.45, 2.75) is 6.92 Å². The molecular formula is C11H16N4O4S. The Morgan fingerprint density at radius 1 is 1.55 bits per heavy atom. The molecule has 20 heavy (non-hydrogen) atoms. The fraction of sp³-hybridized carbons (Fsp3) is 0.455. The van der Waals surface area contributed by atoms with Gasteiger partial charge in [-0.1, -0.05) is 0 Å². The zero-order chi connectivity index (χ0) is 15.1. The van der Waals surface area contributed by atoms with Crippen molar-refractivity contribution in [3.05, 3.63) is 27.9 Å². The molecule has 0 aliphatic heterocycles. The van der Waals surface area contributed by atoms with E-state index >= 15 is 0 Å². The van der Waals surface area contributed by atoms with Crippen molar-refractivity contribution in [2.24, 2.45) is 0 Å². The summed E-state index contributed by atoms with van der Waals surface area (Å²) in [7, 11) is -1.03. The van der Waals surface area contributed by atoms with Crippen LogP contribution in [0.5, 0.6) is 0 Å². The number of hydrogen-bond donors (Lipinski definition) is 2. The minimum Gasteiger partial charge on any atom is -0.370 e. The number of nitrogens with zero attached hydrogens (tertiary/aromatic N) is 2. The maximum Gasteiger partial charge on any atom is 0.300 e. The van der Waals surface area contributed by atoms with Gasteiger partial charge in [0.05, 0.1) is 4.92 Å². The zero-order valence-corrected chi connectivity index (χ0v) is 12.0. The molecule has 1 amide bonds. The number of aromatic nitrogens is 1. The molecule has 1 aromatic rings. The Morgan fingerprint density at radius 2 is 2.25 bits per heavy atom. The summed E-state index contributed by atoms with van der Waals surface area (Å²) in [6.45, 7) is 2.62. The third-order valence-electron chi connectivity index (χ3n) is 2.36. The van der Waals surface area contributed by atoms with Crippen molar-refractivity contribution >= 4 is 28.2 Å². The van der Waals surface area contributed by atoms with Gasteiger partial charge in [-0.2, -0.15) is 0 Å². The van der Waals surface area contributed by atoms with Gasteiger partial charge in [0.2, 0.25) is 0 Å². The molecule has 1 rings (SSSR count). The number of nitrogens with one attached hydrogen (secondary N) is 2. The van der Waals surface area contributed by atoms with E-state index in [1.165, 1.54) is 12.3 Å². The summed E-state index contributed by atoms with van der Waals surface area (Å²) >= 11 is 0. The topological polar surface area (TPSA) is 114 Å². The zero-order valence-electron chi connectivity index (χ0n) is 11.2. The van der Waals surface area contributed by atoms with Gasteiger partial charge >= 0.3 is 0 Å². The van der Waals surface area contributed by atoms with Crippen LogP contribution < -0.4 is 10.6 Å². The van der Waals surface area contributed by atoms with Crippen molar-refractivity contribution in [1.82, 2.24) is 10.3 Å². The molecule has 110 valence electrons. The first-order valence-corrected chi connectivity index (χ1v) is 7.65. The molecule has 2 N–H and O–H groups in total. The van der Waals surface area contributed by atoms with E-state index in [9.17, 15) is 19.1 Å². The fourth-order valence-electron chi connectivity index (χ4n) is 1.46. The highest BCUT2D eigenvalue weighted by atomic mass is 32.2. The summed E-state index contributed by atoms with van der Waals surface area (Å²) in [5.74, 6) is 0.107. The highest BCUT2D eigenvalue weighted by molar-refractivity contribution is 7.84. The van der Waals surface area contributed by atoms with Gasteiger partial charge in [0.25, 0.3) is 11.6 Å². The molecule has 0 aliphatic rings. The van der Waals surface area contributed by atoms with E-state index in [1.807, 2.05) is 6.92 Å². The van der Waals surface area contributed by atoms with Gasteiger partial charge in [-0.05, 0) is 6.92 Å². The quantitative estimate of drug-likeness (QED) is 0.561. The summed E-state index contributed by atoms with van der Waals surface area (Å²) in [5, 5.41) is 16.3. The van der Waals surface area contributed by atoms with Gasteiger partial charge in [-0.15, -0.1) is 0 Å². The number of carbonyl (C=O) groups excluding carboxylic acids is 1. The van der Waals surface area contributed by atoms with Crippen LogP contribution in [0.25, 0.3) is 0 Å². The second-order valence-electron chi connectivity index (χ2n) is 3.91.